The average Bonchev–Trinajstić information content (AvgIpc) is 3.06. The number of carbonyl (C=O) groups excluding carboxylic acids is 1. The number of ether oxygens (including phenoxy) is 1. The van der Waals surface area contributed by atoms with Crippen LogP contribution in [0.1, 0.15) is 10.4 Å². The summed E-state index contributed by atoms with van der Waals surface area (Å²) in [7, 11) is 0. The lowest BCUT2D eigenvalue weighted by Crippen LogP contribution is -2.18. The summed E-state index contributed by atoms with van der Waals surface area (Å²) < 4.78 is 6.60. The zero-order valence-electron chi connectivity index (χ0n) is 13.6. The molecule has 0 saturated carbocycles. The van der Waals surface area contributed by atoms with E-state index in [-0.39, 0.29) is 5.91 Å². The molecular formula is C18H11Cl2N3O2S2. The highest BCUT2D eigenvalue weighted by Gasteiger charge is 2.19. The van der Waals surface area contributed by atoms with Crippen LogP contribution >= 0.6 is 46.3 Å². The lowest BCUT2D eigenvalue weighted by molar-refractivity contribution is 0.0955. The summed E-state index contributed by atoms with van der Waals surface area (Å²) in [6.45, 7) is 0. The smallest absolute Gasteiger partial charge is 0.275 e. The van der Waals surface area contributed by atoms with Gasteiger partial charge in [0.05, 0.1) is 22.0 Å². The molecule has 5 nitrogen and oxygen atoms in total. The number of benzene rings is 2. The lowest BCUT2D eigenvalue weighted by Gasteiger charge is -2.06. The van der Waals surface area contributed by atoms with Crippen molar-refractivity contribution in [2.45, 2.75) is 4.34 Å². The molecule has 0 atom stereocenters. The van der Waals surface area contributed by atoms with Gasteiger partial charge in [0.15, 0.2) is 4.34 Å². The summed E-state index contributed by atoms with van der Waals surface area (Å²) >= 11 is 15.2. The van der Waals surface area contributed by atoms with Crippen LogP contribution in [0, 0.1) is 0 Å². The van der Waals surface area contributed by atoms with Gasteiger partial charge in [-0.25, -0.2) is 10.4 Å². The second kappa shape index (κ2) is 7.90. The van der Waals surface area contributed by atoms with E-state index in [1.807, 2.05) is 17.5 Å². The first kappa shape index (κ1) is 18.3. The maximum atomic E-state index is 12.0. The molecule has 2 heterocycles. The predicted molar refractivity (Wildman–Crippen MR) is 110 cm³/mol. The Labute approximate surface area is 173 Å². The van der Waals surface area contributed by atoms with E-state index < -0.39 is 0 Å². The summed E-state index contributed by atoms with van der Waals surface area (Å²) in [6, 6.07) is 12.3. The molecule has 1 N–H and O–H groups in total. The number of thiazole rings is 1. The van der Waals surface area contributed by atoms with E-state index in [1.165, 1.54) is 23.1 Å². The number of hydrogen-bond donors (Lipinski definition) is 1. The third-order valence-corrected chi connectivity index (χ3v) is 6.20. The number of nitrogens with one attached hydrogen (secondary N) is 1. The molecule has 27 heavy (non-hydrogen) atoms. The molecule has 1 amide bonds. The van der Waals surface area contributed by atoms with Crippen LogP contribution in [-0.2, 0) is 0 Å². The normalized spacial score (nSPS) is 13.3. The van der Waals surface area contributed by atoms with Gasteiger partial charge < -0.3 is 4.74 Å². The number of nitrogens with zero attached hydrogens (tertiary/aromatic N) is 2. The van der Waals surface area contributed by atoms with Gasteiger partial charge in [-0.05, 0) is 30.3 Å². The van der Waals surface area contributed by atoms with Crippen molar-refractivity contribution in [1.82, 2.24) is 10.4 Å². The molecule has 0 saturated heterocycles. The molecule has 3 aromatic rings. The fourth-order valence-electron chi connectivity index (χ4n) is 2.40. The largest absolute Gasteiger partial charge is 0.440 e. The van der Waals surface area contributed by atoms with Gasteiger partial charge in [-0.2, -0.15) is 0 Å². The van der Waals surface area contributed by atoms with Gasteiger partial charge in [-0.15, -0.1) is 16.4 Å². The fourth-order valence-corrected chi connectivity index (χ4v) is 4.57. The minimum atomic E-state index is -0.292. The minimum Gasteiger partial charge on any atom is -0.440 e. The van der Waals surface area contributed by atoms with Crippen molar-refractivity contribution in [3.63, 3.8) is 0 Å². The van der Waals surface area contributed by atoms with Crippen molar-refractivity contribution in [2.24, 2.45) is 5.10 Å². The Morgan fingerprint density at radius 1 is 1.15 bits per heavy atom. The van der Waals surface area contributed by atoms with E-state index in [4.69, 9.17) is 27.9 Å². The topological polar surface area (TPSA) is 63.6 Å². The third kappa shape index (κ3) is 4.11. The molecule has 1 aliphatic rings. The highest BCUT2D eigenvalue weighted by Crippen LogP contribution is 2.34. The van der Waals surface area contributed by atoms with Gasteiger partial charge in [0.25, 0.3) is 5.91 Å². The first-order chi connectivity index (χ1) is 13.1. The zero-order chi connectivity index (χ0) is 18.8. The van der Waals surface area contributed by atoms with Crippen LogP contribution in [0.25, 0.3) is 11.3 Å². The molecule has 4 rings (SSSR count). The Morgan fingerprint density at radius 2 is 2.00 bits per heavy atom. The van der Waals surface area contributed by atoms with Gasteiger partial charge in [0, 0.05) is 16.0 Å². The van der Waals surface area contributed by atoms with Crippen LogP contribution < -0.4 is 10.2 Å². The molecule has 136 valence electrons. The molecule has 0 aliphatic carbocycles. The van der Waals surface area contributed by atoms with E-state index >= 15 is 0 Å². The first-order valence-electron chi connectivity index (χ1n) is 7.78. The SMILES string of the molecule is O=C1NN=C(CSc2nc(-c3ccc(Cl)cc3Cl)cs2)Oc2ccccc21. The second-order valence-electron chi connectivity index (χ2n) is 5.46. The Bertz CT molecular complexity index is 1050. The summed E-state index contributed by atoms with van der Waals surface area (Å²) in [4.78, 5) is 16.6. The van der Waals surface area contributed by atoms with E-state index in [0.717, 1.165) is 15.6 Å². The standard InChI is InChI=1S/C18H11Cl2N3O2S2/c19-10-5-6-11(13(20)7-10)14-8-26-18(21-14)27-9-16-22-23-17(24)12-3-1-2-4-15(12)25-16/h1-8H,9H2,(H,23,24). The molecule has 0 fully saturated rings. The molecule has 0 unspecified atom stereocenters. The summed E-state index contributed by atoms with van der Waals surface area (Å²) in [5.74, 6) is 1.02. The van der Waals surface area contributed by atoms with Crippen LogP contribution in [0.4, 0.5) is 0 Å². The van der Waals surface area contributed by atoms with E-state index in [0.29, 0.717) is 33.0 Å². The minimum absolute atomic E-state index is 0.292. The molecular weight excluding hydrogens is 425 g/mol. The Kier molecular flexibility index (Phi) is 5.36. The number of halogens is 2. The summed E-state index contributed by atoms with van der Waals surface area (Å²) in [5.41, 5.74) is 4.56. The van der Waals surface area contributed by atoms with Gasteiger partial charge in [-0.1, -0.05) is 47.1 Å². The fraction of sp³-hybridized carbons (Fsp3) is 0.0556. The average molecular weight is 436 g/mol. The van der Waals surface area contributed by atoms with Crippen molar-refractivity contribution in [2.75, 3.05) is 5.75 Å². The van der Waals surface area contributed by atoms with Gasteiger partial charge in [-0.3, -0.25) is 4.79 Å². The number of rotatable bonds is 4. The van der Waals surface area contributed by atoms with Crippen LogP contribution in [0.2, 0.25) is 10.0 Å². The van der Waals surface area contributed by atoms with E-state index in [1.54, 1.807) is 30.3 Å². The lowest BCUT2D eigenvalue weighted by atomic mass is 10.2. The zero-order valence-corrected chi connectivity index (χ0v) is 16.8. The molecule has 0 bridgehead atoms. The van der Waals surface area contributed by atoms with Crippen LogP contribution in [0.5, 0.6) is 5.75 Å². The first-order valence-corrected chi connectivity index (χ1v) is 10.4. The number of hydrogen-bond acceptors (Lipinski definition) is 6. The van der Waals surface area contributed by atoms with Crippen molar-refractivity contribution in [1.29, 1.82) is 0 Å². The Balaban J connectivity index is 1.47. The van der Waals surface area contributed by atoms with Crippen molar-refractivity contribution in [3.05, 3.63) is 63.5 Å². The second-order valence-corrected chi connectivity index (χ2v) is 8.38. The van der Waals surface area contributed by atoms with Gasteiger partial charge >= 0.3 is 0 Å². The van der Waals surface area contributed by atoms with Crippen LogP contribution in [-0.4, -0.2) is 22.5 Å². The maximum Gasteiger partial charge on any atom is 0.275 e. The number of hydrazone groups is 1. The summed E-state index contributed by atoms with van der Waals surface area (Å²) in [5, 5.41) is 7.11. The van der Waals surface area contributed by atoms with Gasteiger partial charge in [0.2, 0.25) is 5.90 Å². The predicted octanol–water partition coefficient (Wildman–Crippen LogP) is 5.34. The maximum absolute atomic E-state index is 12.0. The number of thioether (sulfide) groups is 1. The third-order valence-electron chi connectivity index (χ3n) is 3.65. The molecule has 0 radical (unpaired) electrons. The van der Waals surface area contributed by atoms with Crippen LogP contribution in [0.3, 0.4) is 0 Å². The molecule has 9 heteroatoms. The van der Waals surface area contributed by atoms with E-state index in [9.17, 15) is 4.79 Å². The Morgan fingerprint density at radius 3 is 2.85 bits per heavy atom. The van der Waals surface area contributed by atoms with Crippen LogP contribution in [0.15, 0.2) is 57.3 Å². The van der Waals surface area contributed by atoms with E-state index in [2.05, 4.69) is 15.5 Å². The highest BCUT2D eigenvalue weighted by molar-refractivity contribution is 8.01. The highest BCUT2D eigenvalue weighted by atomic mass is 35.5. The molecule has 0 spiro atoms. The number of amides is 1. The number of para-hydroxylation sites is 1. The Hall–Kier alpha value is -2.06. The number of carbonyl (C=O) groups is 1. The summed E-state index contributed by atoms with van der Waals surface area (Å²) in [6.07, 6.45) is 0. The monoisotopic (exact) mass is 435 g/mol. The van der Waals surface area contributed by atoms with Crippen molar-refractivity contribution < 1.29 is 9.53 Å². The molecule has 2 aromatic carbocycles. The van der Waals surface area contributed by atoms with Crippen molar-refractivity contribution >= 4 is 58.1 Å². The molecule has 1 aromatic heterocycles. The number of fused-ring (bicyclic) bond motifs is 1. The van der Waals surface area contributed by atoms with Crippen molar-refractivity contribution in [3.8, 4) is 17.0 Å². The molecule has 1 aliphatic heterocycles. The van der Waals surface area contributed by atoms with Gasteiger partial charge in [0.1, 0.15) is 5.75 Å². The quantitative estimate of drug-likeness (QED) is 0.561. The number of aromatic nitrogens is 1.